The molecule has 1 amide bonds. The molecular weight excluding hydrogens is 419 g/mol. The summed E-state index contributed by atoms with van der Waals surface area (Å²) in [4.78, 5) is 12.4. The zero-order chi connectivity index (χ0) is 22.5. The standard InChI is InChI=1S/C19H15ClF3N3O2.C2H6/c1-26-15(10-17(25-26)19(21,22)23)13-8-7-11(9-16(13)28-2)24-18(27)12-5-3-4-6-14(12)20;1-2/h3-10H,1-2H3,(H,24,27);1-2H3. The maximum Gasteiger partial charge on any atom is 0.435 e. The number of aromatic nitrogens is 2. The van der Waals surface area contributed by atoms with Gasteiger partial charge in [0.25, 0.3) is 5.91 Å². The van der Waals surface area contributed by atoms with Crippen LogP contribution in [0.1, 0.15) is 29.9 Å². The minimum atomic E-state index is -4.55. The molecule has 0 saturated carbocycles. The van der Waals surface area contributed by atoms with Gasteiger partial charge in [-0.3, -0.25) is 9.48 Å². The van der Waals surface area contributed by atoms with E-state index in [1.54, 1.807) is 36.4 Å². The summed E-state index contributed by atoms with van der Waals surface area (Å²) >= 11 is 6.02. The first-order valence-electron chi connectivity index (χ1n) is 9.06. The second-order valence-electron chi connectivity index (χ2n) is 5.89. The number of rotatable bonds is 4. The smallest absolute Gasteiger partial charge is 0.435 e. The van der Waals surface area contributed by atoms with Gasteiger partial charge in [-0.25, -0.2) is 0 Å². The molecule has 0 aliphatic carbocycles. The van der Waals surface area contributed by atoms with Gasteiger partial charge in [0, 0.05) is 24.4 Å². The molecular formula is C21H21ClF3N3O2. The average Bonchev–Trinajstić information content (AvgIpc) is 3.11. The van der Waals surface area contributed by atoms with Crippen LogP contribution >= 0.6 is 11.6 Å². The molecule has 160 valence electrons. The number of ether oxygens (including phenoxy) is 1. The highest BCUT2D eigenvalue weighted by molar-refractivity contribution is 6.34. The van der Waals surface area contributed by atoms with Crippen LogP contribution < -0.4 is 10.1 Å². The summed E-state index contributed by atoms with van der Waals surface area (Å²) < 4.78 is 45.2. The fourth-order valence-electron chi connectivity index (χ4n) is 2.68. The number of halogens is 4. The van der Waals surface area contributed by atoms with Crippen molar-refractivity contribution in [2.45, 2.75) is 20.0 Å². The Bertz CT molecular complexity index is 1030. The van der Waals surface area contributed by atoms with E-state index >= 15 is 0 Å². The molecule has 1 N–H and O–H groups in total. The minimum Gasteiger partial charge on any atom is -0.496 e. The number of aryl methyl sites for hydroxylation is 1. The number of benzene rings is 2. The molecule has 5 nitrogen and oxygen atoms in total. The molecule has 0 aliphatic heterocycles. The molecule has 0 bridgehead atoms. The first kappa shape index (κ1) is 23.3. The van der Waals surface area contributed by atoms with Gasteiger partial charge in [-0.1, -0.05) is 37.6 Å². The van der Waals surface area contributed by atoms with E-state index in [1.165, 1.54) is 20.2 Å². The Hall–Kier alpha value is -3.00. The molecule has 3 rings (SSSR count). The largest absolute Gasteiger partial charge is 0.496 e. The topological polar surface area (TPSA) is 56.1 Å². The lowest BCUT2D eigenvalue weighted by Crippen LogP contribution is -2.12. The molecule has 1 aromatic heterocycles. The van der Waals surface area contributed by atoms with Crippen molar-refractivity contribution in [3.63, 3.8) is 0 Å². The van der Waals surface area contributed by atoms with Crippen LogP contribution in [-0.4, -0.2) is 22.8 Å². The van der Waals surface area contributed by atoms with Gasteiger partial charge in [0.05, 0.1) is 23.4 Å². The summed E-state index contributed by atoms with van der Waals surface area (Å²) in [5.74, 6) is -0.131. The number of nitrogens with one attached hydrogen (secondary N) is 1. The van der Waals surface area contributed by atoms with Crippen LogP contribution in [0.4, 0.5) is 18.9 Å². The number of alkyl halides is 3. The predicted octanol–water partition coefficient (Wildman–Crippen LogP) is 6.05. The number of amides is 1. The maximum absolute atomic E-state index is 12.9. The van der Waals surface area contributed by atoms with Gasteiger partial charge >= 0.3 is 6.18 Å². The number of carbonyl (C=O) groups excluding carboxylic acids is 1. The Morgan fingerprint density at radius 2 is 1.80 bits per heavy atom. The van der Waals surface area contributed by atoms with Crippen LogP contribution in [0.2, 0.25) is 5.02 Å². The third kappa shape index (κ3) is 5.13. The highest BCUT2D eigenvalue weighted by Gasteiger charge is 2.35. The molecule has 9 heteroatoms. The third-order valence-corrected chi connectivity index (χ3v) is 4.35. The van der Waals surface area contributed by atoms with E-state index in [-0.39, 0.29) is 11.4 Å². The lowest BCUT2D eigenvalue weighted by Gasteiger charge is -2.12. The number of carbonyl (C=O) groups is 1. The SMILES string of the molecule is CC.COc1cc(NC(=O)c2ccccc2Cl)ccc1-c1cc(C(F)(F)F)nn1C. The molecule has 0 atom stereocenters. The van der Waals surface area contributed by atoms with E-state index < -0.39 is 17.8 Å². The molecule has 2 aromatic carbocycles. The van der Waals surface area contributed by atoms with Crippen LogP contribution in [0, 0.1) is 0 Å². The van der Waals surface area contributed by atoms with Gasteiger partial charge < -0.3 is 10.1 Å². The third-order valence-electron chi connectivity index (χ3n) is 4.02. The Kier molecular flexibility index (Phi) is 7.50. The maximum atomic E-state index is 12.9. The number of hydrogen-bond acceptors (Lipinski definition) is 3. The summed E-state index contributed by atoms with van der Waals surface area (Å²) in [7, 11) is 2.80. The monoisotopic (exact) mass is 439 g/mol. The number of methoxy groups -OCH3 is 1. The first-order valence-corrected chi connectivity index (χ1v) is 9.44. The molecule has 0 fully saturated rings. The summed E-state index contributed by atoms with van der Waals surface area (Å²) in [6.07, 6.45) is -4.55. The van der Waals surface area contributed by atoms with Crippen LogP contribution in [0.3, 0.4) is 0 Å². The van der Waals surface area contributed by atoms with E-state index in [4.69, 9.17) is 16.3 Å². The van der Waals surface area contributed by atoms with Crippen LogP contribution in [-0.2, 0) is 13.2 Å². The van der Waals surface area contributed by atoms with E-state index in [1.807, 2.05) is 13.8 Å². The summed E-state index contributed by atoms with van der Waals surface area (Å²) in [5.41, 5.74) is 0.345. The van der Waals surface area contributed by atoms with E-state index in [2.05, 4.69) is 10.4 Å². The molecule has 0 unspecified atom stereocenters. The second-order valence-corrected chi connectivity index (χ2v) is 6.29. The summed E-state index contributed by atoms with van der Waals surface area (Å²) in [6, 6.07) is 12.2. The molecule has 0 spiro atoms. The van der Waals surface area contributed by atoms with Crippen molar-refractivity contribution in [3.8, 4) is 17.0 Å². The van der Waals surface area contributed by atoms with Gasteiger partial charge in [-0.2, -0.15) is 18.3 Å². The average molecular weight is 440 g/mol. The normalized spacial score (nSPS) is 10.8. The van der Waals surface area contributed by atoms with Crippen molar-refractivity contribution in [1.82, 2.24) is 9.78 Å². The van der Waals surface area contributed by atoms with Crippen LogP contribution in [0.25, 0.3) is 11.3 Å². The minimum absolute atomic E-state index is 0.230. The Labute approximate surface area is 177 Å². The Morgan fingerprint density at radius 3 is 2.37 bits per heavy atom. The van der Waals surface area contributed by atoms with E-state index in [0.29, 0.717) is 21.8 Å². The molecule has 3 aromatic rings. The quantitative estimate of drug-likeness (QED) is 0.538. The van der Waals surface area contributed by atoms with E-state index in [9.17, 15) is 18.0 Å². The van der Waals surface area contributed by atoms with E-state index in [0.717, 1.165) is 10.7 Å². The van der Waals surface area contributed by atoms with Crippen molar-refractivity contribution in [1.29, 1.82) is 0 Å². The molecule has 0 radical (unpaired) electrons. The fourth-order valence-corrected chi connectivity index (χ4v) is 2.90. The van der Waals surface area contributed by atoms with Crippen LogP contribution in [0.5, 0.6) is 5.75 Å². The van der Waals surface area contributed by atoms with Gasteiger partial charge in [-0.15, -0.1) is 0 Å². The zero-order valence-electron chi connectivity index (χ0n) is 16.8. The molecule has 30 heavy (non-hydrogen) atoms. The lowest BCUT2D eigenvalue weighted by atomic mass is 10.1. The van der Waals surface area contributed by atoms with Gasteiger partial charge in [0.1, 0.15) is 5.75 Å². The van der Waals surface area contributed by atoms with Gasteiger partial charge in [0.2, 0.25) is 0 Å². The number of nitrogens with zero attached hydrogens (tertiary/aromatic N) is 2. The van der Waals surface area contributed by atoms with Crippen molar-refractivity contribution >= 4 is 23.2 Å². The highest BCUT2D eigenvalue weighted by atomic mass is 35.5. The number of hydrogen-bond donors (Lipinski definition) is 1. The molecule has 0 aliphatic rings. The molecule has 0 saturated heterocycles. The lowest BCUT2D eigenvalue weighted by molar-refractivity contribution is -0.141. The fraction of sp³-hybridized carbons (Fsp3) is 0.238. The predicted molar refractivity (Wildman–Crippen MR) is 111 cm³/mol. The number of anilines is 1. The van der Waals surface area contributed by atoms with Gasteiger partial charge in [0.15, 0.2) is 5.69 Å². The van der Waals surface area contributed by atoms with Crippen molar-refractivity contribution in [2.75, 3.05) is 12.4 Å². The molecule has 1 heterocycles. The Balaban J connectivity index is 0.00000155. The highest BCUT2D eigenvalue weighted by Crippen LogP contribution is 2.36. The first-order chi connectivity index (χ1) is 14.2. The van der Waals surface area contributed by atoms with Crippen molar-refractivity contribution in [2.24, 2.45) is 7.05 Å². The second kappa shape index (κ2) is 9.67. The van der Waals surface area contributed by atoms with Crippen molar-refractivity contribution in [3.05, 3.63) is 64.8 Å². The summed E-state index contributed by atoms with van der Waals surface area (Å²) in [5, 5.41) is 6.50. The zero-order valence-corrected chi connectivity index (χ0v) is 17.6. The van der Waals surface area contributed by atoms with Crippen molar-refractivity contribution < 1.29 is 22.7 Å². The van der Waals surface area contributed by atoms with Gasteiger partial charge in [-0.05, 0) is 30.3 Å². The summed E-state index contributed by atoms with van der Waals surface area (Å²) in [6.45, 7) is 4.00. The van der Waals surface area contributed by atoms with Crippen LogP contribution in [0.15, 0.2) is 48.5 Å². The Morgan fingerprint density at radius 1 is 1.13 bits per heavy atom.